The summed E-state index contributed by atoms with van der Waals surface area (Å²) in [4.78, 5) is 0. The quantitative estimate of drug-likeness (QED) is 0.739. The standard InChI is InChI=1S/C15H28BNO2/c1-13(2,3)12-10-11(8-9-17-12)16-18-14(4,5)15(6,7)19-16/h8,12,17H,9-10H2,1-7H3. The van der Waals surface area contributed by atoms with Crippen molar-refractivity contribution in [3.05, 3.63) is 11.5 Å². The van der Waals surface area contributed by atoms with E-state index in [4.69, 9.17) is 9.31 Å². The molecular formula is C15H28BNO2. The molecule has 1 fully saturated rings. The Morgan fingerprint density at radius 2 is 1.68 bits per heavy atom. The molecule has 0 aliphatic carbocycles. The molecule has 1 unspecified atom stereocenters. The lowest BCUT2D eigenvalue weighted by Crippen LogP contribution is -2.45. The molecule has 2 heterocycles. The first-order valence-corrected chi connectivity index (χ1v) is 7.31. The molecule has 1 saturated heterocycles. The summed E-state index contributed by atoms with van der Waals surface area (Å²) in [5, 5.41) is 3.57. The highest BCUT2D eigenvalue weighted by Crippen LogP contribution is 2.40. The third-order valence-corrected chi connectivity index (χ3v) is 4.77. The van der Waals surface area contributed by atoms with Crippen LogP contribution in [0.2, 0.25) is 0 Å². The molecule has 108 valence electrons. The summed E-state index contributed by atoms with van der Waals surface area (Å²) >= 11 is 0. The Bertz CT molecular complexity index is 366. The maximum atomic E-state index is 6.15. The predicted octanol–water partition coefficient (Wildman–Crippen LogP) is 2.95. The highest BCUT2D eigenvalue weighted by molar-refractivity contribution is 6.54. The molecule has 0 radical (unpaired) electrons. The van der Waals surface area contributed by atoms with E-state index >= 15 is 0 Å². The molecule has 1 N–H and O–H groups in total. The summed E-state index contributed by atoms with van der Waals surface area (Å²) in [5.74, 6) is 0. The van der Waals surface area contributed by atoms with Crippen LogP contribution in [0.15, 0.2) is 11.5 Å². The van der Waals surface area contributed by atoms with Crippen LogP contribution in [0.4, 0.5) is 0 Å². The summed E-state index contributed by atoms with van der Waals surface area (Å²) in [6.45, 7) is 16.2. The van der Waals surface area contributed by atoms with Crippen molar-refractivity contribution in [2.75, 3.05) is 6.54 Å². The summed E-state index contributed by atoms with van der Waals surface area (Å²) in [7, 11) is -0.183. The molecule has 0 aromatic heterocycles. The fraction of sp³-hybridized carbons (Fsp3) is 0.867. The Balaban J connectivity index is 2.11. The van der Waals surface area contributed by atoms with Crippen molar-refractivity contribution in [3.63, 3.8) is 0 Å². The molecular weight excluding hydrogens is 237 g/mol. The molecule has 2 rings (SSSR count). The van der Waals surface area contributed by atoms with Gasteiger partial charge in [0.15, 0.2) is 0 Å². The second kappa shape index (κ2) is 4.61. The van der Waals surface area contributed by atoms with Gasteiger partial charge in [0.1, 0.15) is 0 Å². The first-order valence-electron chi connectivity index (χ1n) is 7.31. The van der Waals surface area contributed by atoms with Crippen LogP contribution >= 0.6 is 0 Å². The molecule has 2 aliphatic heterocycles. The topological polar surface area (TPSA) is 30.5 Å². The lowest BCUT2D eigenvalue weighted by Gasteiger charge is -2.35. The zero-order valence-corrected chi connectivity index (χ0v) is 13.5. The lowest BCUT2D eigenvalue weighted by atomic mass is 9.69. The van der Waals surface area contributed by atoms with E-state index < -0.39 is 0 Å². The molecule has 2 aliphatic rings. The average molecular weight is 265 g/mol. The normalized spacial score (nSPS) is 30.4. The monoisotopic (exact) mass is 265 g/mol. The van der Waals surface area contributed by atoms with Crippen LogP contribution < -0.4 is 5.32 Å². The summed E-state index contributed by atoms with van der Waals surface area (Å²) in [6, 6.07) is 0.478. The maximum Gasteiger partial charge on any atom is 0.490 e. The summed E-state index contributed by atoms with van der Waals surface area (Å²) in [6.07, 6.45) is 3.23. The molecule has 0 spiro atoms. The number of hydrogen-bond acceptors (Lipinski definition) is 3. The van der Waals surface area contributed by atoms with Gasteiger partial charge in [-0.2, -0.15) is 0 Å². The van der Waals surface area contributed by atoms with Gasteiger partial charge in [0, 0.05) is 12.6 Å². The molecule has 0 amide bonds. The van der Waals surface area contributed by atoms with E-state index in [9.17, 15) is 0 Å². The molecule has 3 nitrogen and oxygen atoms in total. The van der Waals surface area contributed by atoms with Crippen molar-refractivity contribution < 1.29 is 9.31 Å². The van der Waals surface area contributed by atoms with Gasteiger partial charge in [0.2, 0.25) is 0 Å². The number of hydrogen-bond donors (Lipinski definition) is 1. The Hall–Kier alpha value is -0.315. The third kappa shape index (κ3) is 2.91. The van der Waals surface area contributed by atoms with E-state index in [1.54, 1.807) is 0 Å². The minimum Gasteiger partial charge on any atom is -0.400 e. The first-order chi connectivity index (χ1) is 8.53. The minimum atomic E-state index is -0.249. The third-order valence-electron chi connectivity index (χ3n) is 4.77. The summed E-state index contributed by atoms with van der Waals surface area (Å²) in [5.41, 5.74) is 1.04. The second-order valence-corrected chi connectivity index (χ2v) is 7.90. The zero-order chi connectivity index (χ0) is 14.5. The molecule has 4 heteroatoms. The van der Waals surface area contributed by atoms with Gasteiger partial charge in [-0.3, -0.25) is 0 Å². The van der Waals surface area contributed by atoms with E-state index in [-0.39, 0.29) is 23.7 Å². The molecule has 0 aromatic rings. The van der Waals surface area contributed by atoms with Crippen LogP contribution in [0.1, 0.15) is 54.9 Å². The first kappa shape index (κ1) is 15.1. The van der Waals surface area contributed by atoms with Crippen molar-refractivity contribution in [2.24, 2.45) is 5.41 Å². The van der Waals surface area contributed by atoms with Crippen LogP contribution in [0.25, 0.3) is 0 Å². The van der Waals surface area contributed by atoms with Gasteiger partial charge in [-0.25, -0.2) is 0 Å². The fourth-order valence-electron chi connectivity index (χ4n) is 2.52. The average Bonchev–Trinajstić information content (AvgIpc) is 2.47. The fourth-order valence-corrected chi connectivity index (χ4v) is 2.52. The number of nitrogens with one attached hydrogen (secondary N) is 1. The summed E-state index contributed by atoms with van der Waals surface area (Å²) < 4.78 is 12.3. The smallest absolute Gasteiger partial charge is 0.400 e. The van der Waals surface area contributed by atoms with E-state index in [1.165, 1.54) is 5.47 Å². The zero-order valence-electron chi connectivity index (χ0n) is 13.5. The van der Waals surface area contributed by atoms with Crippen LogP contribution in [0.3, 0.4) is 0 Å². The van der Waals surface area contributed by atoms with Crippen molar-refractivity contribution >= 4 is 7.12 Å². The van der Waals surface area contributed by atoms with Crippen LogP contribution in [-0.2, 0) is 9.31 Å². The highest BCUT2D eigenvalue weighted by Gasteiger charge is 2.52. The van der Waals surface area contributed by atoms with Gasteiger partial charge in [0.25, 0.3) is 0 Å². The van der Waals surface area contributed by atoms with Gasteiger partial charge >= 0.3 is 7.12 Å². The molecule has 0 bridgehead atoms. The van der Waals surface area contributed by atoms with Crippen LogP contribution in [0, 0.1) is 5.41 Å². The van der Waals surface area contributed by atoms with Crippen molar-refractivity contribution in [2.45, 2.75) is 72.1 Å². The van der Waals surface area contributed by atoms with E-state index in [2.05, 4.69) is 59.9 Å². The van der Waals surface area contributed by atoms with E-state index in [0.717, 1.165) is 13.0 Å². The Morgan fingerprint density at radius 1 is 1.16 bits per heavy atom. The number of rotatable bonds is 1. The van der Waals surface area contributed by atoms with E-state index in [0.29, 0.717) is 6.04 Å². The minimum absolute atomic E-state index is 0.183. The van der Waals surface area contributed by atoms with Gasteiger partial charge in [-0.05, 0) is 45.0 Å². The maximum absolute atomic E-state index is 6.15. The van der Waals surface area contributed by atoms with Gasteiger partial charge in [0.05, 0.1) is 11.2 Å². The van der Waals surface area contributed by atoms with E-state index in [1.807, 2.05) is 0 Å². The second-order valence-electron chi connectivity index (χ2n) is 7.90. The molecule has 0 aromatic carbocycles. The van der Waals surface area contributed by atoms with Gasteiger partial charge in [-0.15, -0.1) is 0 Å². The van der Waals surface area contributed by atoms with Gasteiger partial charge < -0.3 is 14.6 Å². The Kier molecular flexibility index (Phi) is 3.66. The predicted molar refractivity (Wildman–Crippen MR) is 80.0 cm³/mol. The molecule has 19 heavy (non-hydrogen) atoms. The highest BCUT2D eigenvalue weighted by atomic mass is 16.7. The van der Waals surface area contributed by atoms with Crippen molar-refractivity contribution in [3.8, 4) is 0 Å². The van der Waals surface area contributed by atoms with Gasteiger partial charge in [-0.1, -0.05) is 26.8 Å². The molecule has 0 saturated carbocycles. The van der Waals surface area contributed by atoms with Crippen LogP contribution in [-0.4, -0.2) is 30.9 Å². The Labute approximate surface area is 118 Å². The lowest BCUT2D eigenvalue weighted by molar-refractivity contribution is 0.00578. The van der Waals surface area contributed by atoms with Crippen molar-refractivity contribution in [1.82, 2.24) is 5.32 Å². The Morgan fingerprint density at radius 3 is 2.16 bits per heavy atom. The largest absolute Gasteiger partial charge is 0.490 e. The SMILES string of the molecule is CC(C)(C)C1CC(B2OC(C)(C)C(C)(C)O2)=CCN1. The van der Waals surface area contributed by atoms with Crippen molar-refractivity contribution in [1.29, 1.82) is 0 Å². The molecule has 1 atom stereocenters. The van der Waals surface area contributed by atoms with Crippen LogP contribution in [0.5, 0.6) is 0 Å².